The summed E-state index contributed by atoms with van der Waals surface area (Å²) >= 11 is 0. The second-order valence-electron chi connectivity index (χ2n) is 4.01. The highest BCUT2D eigenvalue weighted by atomic mass is 15.3. The van der Waals surface area contributed by atoms with Crippen molar-refractivity contribution in [3.05, 3.63) is 17.5 Å². The van der Waals surface area contributed by atoms with E-state index in [0.717, 1.165) is 31.3 Å². The van der Waals surface area contributed by atoms with Crippen molar-refractivity contribution >= 4 is 5.95 Å². The van der Waals surface area contributed by atoms with Crippen LogP contribution in [0.2, 0.25) is 0 Å². The van der Waals surface area contributed by atoms with Crippen LogP contribution in [-0.2, 0) is 6.54 Å². The van der Waals surface area contributed by atoms with Crippen molar-refractivity contribution in [2.24, 2.45) is 0 Å². The predicted molar refractivity (Wildman–Crippen MR) is 61.0 cm³/mol. The first-order chi connectivity index (χ1) is 7.31. The Morgan fingerprint density at radius 2 is 2.13 bits per heavy atom. The highest BCUT2D eigenvalue weighted by Crippen LogP contribution is 2.16. The van der Waals surface area contributed by atoms with Gasteiger partial charge in [0.2, 0.25) is 5.95 Å². The van der Waals surface area contributed by atoms with Gasteiger partial charge in [0.15, 0.2) is 0 Å². The van der Waals surface area contributed by atoms with Crippen molar-refractivity contribution in [3.8, 4) is 0 Å². The zero-order chi connectivity index (χ0) is 10.7. The fourth-order valence-electron chi connectivity index (χ4n) is 1.91. The van der Waals surface area contributed by atoms with Crippen molar-refractivity contribution < 1.29 is 0 Å². The predicted octanol–water partition coefficient (Wildman–Crippen LogP) is 1.10. The molecule has 0 spiro atoms. The molecule has 4 nitrogen and oxygen atoms in total. The standard InChI is InChI=1S/C11H18N4/c1-9-10(7-12-2)8-13-11(14-9)15-5-3-4-6-15/h8,12H,3-7H2,1-2H3. The Morgan fingerprint density at radius 1 is 1.40 bits per heavy atom. The van der Waals surface area contributed by atoms with Crippen LogP contribution in [0, 0.1) is 6.92 Å². The third-order valence-corrected chi connectivity index (χ3v) is 2.82. The Balaban J connectivity index is 2.16. The van der Waals surface area contributed by atoms with E-state index in [1.54, 1.807) is 0 Å². The minimum absolute atomic E-state index is 0.839. The van der Waals surface area contributed by atoms with E-state index in [9.17, 15) is 0 Å². The largest absolute Gasteiger partial charge is 0.341 e. The van der Waals surface area contributed by atoms with Crippen molar-refractivity contribution in [1.29, 1.82) is 0 Å². The van der Waals surface area contributed by atoms with E-state index in [1.165, 1.54) is 18.4 Å². The van der Waals surface area contributed by atoms with Gasteiger partial charge in [-0.2, -0.15) is 0 Å². The SMILES string of the molecule is CNCc1cnc(N2CCCC2)nc1C. The summed E-state index contributed by atoms with van der Waals surface area (Å²) in [4.78, 5) is 11.2. The van der Waals surface area contributed by atoms with Crippen molar-refractivity contribution in [2.75, 3.05) is 25.0 Å². The van der Waals surface area contributed by atoms with Crippen molar-refractivity contribution in [2.45, 2.75) is 26.3 Å². The maximum absolute atomic E-state index is 4.55. The molecule has 82 valence electrons. The number of hydrogen-bond donors (Lipinski definition) is 1. The topological polar surface area (TPSA) is 41.1 Å². The van der Waals surface area contributed by atoms with Crippen LogP contribution in [0.25, 0.3) is 0 Å². The van der Waals surface area contributed by atoms with E-state index >= 15 is 0 Å². The summed E-state index contributed by atoms with van der Waals surface area (Å²) in [5, 5.41) is 3.12. The van der Waals surface area contributed by atoms with Gasteiger partial charge in [-0.25, -0.2) is 9.97 Å². The van der Waals surface area contributed by atoms with Gasteiger partial charge in [0.05, 0.1) is 0 Å². The number of nitrogens with one attached hydrogen (secondary N) is 1. The maximum Gasteiger partial charge on any atom is 0.225 e. The van der Waals surface area contributed by atoms with Gasteiger partial charge >= 0.3 is 0 Å². The number of anilines is 1. The number of nitrogens with zero attached hydrogens (tertiary/aromatic N) is 3. The number of aromatic nitrogens is 2. The molecular weight excluding hydrogens is 188 g/mol. The average molecular weight is 206 g/mol. The molecule has 0 aromatic carbocycles. The Kier molecular flexibility index (Phi) is 3.16. The fraction of sp³-hybridized carbons (Fsp3) is 0.636. The van der Waals surface area contributed by atoms with E-state index in [2.05, 4.69) is 20.2 Å². The van der Waals surface area contributed by atoms with E-state index in [4.69, 9.17) is 0 Å². The van der Waals surface area contributed by atoms with Crippen LogP contribution in [0.15, 0.2) is 6.20 Å². The first-order valence-electron chi connectivity index (χ1n) is 5.53. The number of aryl methyl sites for hydroxylation is 1. The molecule has 0 saturated carbocycles. The summed E-state index contributed by atoms with van der Waals surface area (Å²) in [6, 6.07) is 0. The van der Waals surface area contributed by atoms with Crippen LogP contribution in [0.3, 0.4) is 0 Å². The van der Waals surface area contributed by atoms with E-state index < -0.39 is 0 Å². The minimum atomic E-state index is 0.839. The average Bonchev–Trinajstić information content (AvgIpc) is 2.74. The molecule has 0 amide bonds. The molecule has 1 aromatic heterocycles. The highest BCUT2D eigenvalue weighted by molar-refractivity contribution is 5.33. The fourth-order valence-corrected chi connectivity index (χ4v) is 1.91. The van der Waals surface area contributed by atoms with E-state index in [0.29, 0.717) is 0 Å². The molecule has 1 aromatic rings. The van der Waals surface area contributed by atoms with Gasteiger partial charge in [-0.1, -0.05) is 0 Å². The molecule has 0 radical (unpaired) electrons. The first kappa shape index (κ1) is 10.4. The van der Waals surface area contributed by atoms with Gasteiger partial charge < -0.3 is 10.2 Å². The van der Waals surface area contributed by atoms with E-state index in [1.807, 2.05) is 20.2 Å². The molecule has 0 atom stereocenters. The summed E-state index contributed by atoms with van der Waals surface area (Å²) < 4.78 is 0. The summed E-state index contributed by atoms with van der Waals surface area (Å²) in [6.45, 7) is 5.09. The Hall–Kier alpha value is -1.16. The molecular formula is C11H18N4. The number of hydrogen-bond acceptors (Lipinski definition) is 4. The second kappa shape index (κ2) is 4.57. The third-order valence-electron chi connectivity index (χ3n) is 2.82. The zero-order valence-electron chi connectivity index (χ0n) is 9.45. The summed E-state index contributed by atoms with van der Waals surface area (Å²) in [7, 11) is 1.94. The van der Waals surface area contributed by atoms with Crippen LogP contribution in [-0.4, -0.2) is 30.1 Å². The molecule has 1 N–H and O–H groups in total. The monoisotopic (exact) mass is 206 g/mol. The zero-order valence-corrected chi connectivity index (χ0v) is 9.45. The highest BCUT2D eigenvalue weighted by Gasteiger charge is 2.15. The molecule has 1 aliphatic heterocycles. The van der Waals surface area contributed by atoms with Gasteiger partial charge in [0, 0.05) is 37.1 Å². The molecule has 1 aliphatic rings. The van der Waals surface area contributed by atoms with Crippen LogP contribution in [0.4, 0.5) is 5.95 Å². The van der Waals surface area contributed by atoms with Gasteiger partial charge in [0.1, 0.15) is 0 Å². The number of rotatable bonds is 3. The molecule has 0 aliphatic carbocycles. The lowest BCUT2D eigenvalue weighted by Crippen LogP contribution is -2.21. The quantitative estimate of drug-likeness (QED) is 0.804. The summed E-state index contributed by atoms with van der Waals surface area (Å²) in [6.07, 6.45) is 4.47. The minimum Gasteiger partial charge on any atom is -0.341 e. The lowest BCUT2D eigenvalue weighted by Gasteiger charge is -2.16. The summed E-state index contributed by atoms with van der Waals surface area (Å²) in [5.41, 5.74) is 2.27. The Labute approximate surface area is 90.7 Å². The Morgan fingerprint density at radius 3 is 2.73 bits per heavy atom. The van der Waals surface area contributed by atoms with E-state index in [-0.39, 0.29) is 0 Å². The van der Waals surface area contributed by atoms with Gasteiger partial charge in [-0.05, 0) is 26.8 Å². The maximum atomic E-state index is 4.55. The van der Waals surface area contributed by atoms with Gasteiger partial charge in [0.25, 0.3) is 0 Å². The molecule has 2 rings (SSSR count). The molecule has 4 heteroatoms. The molecule has 1 saturated heterocycles. The van der Waals surface area contributed by atoms with Crippen molar-refractivity contribution in [3.63, 3.8) is 0 Å². The normalized spacial score (nSPS) is 16.0. The summed E-state index contributed by atoms with van der Waals surface area (Å²) in [5.74, 6) is 0.893. The molecule has 2 heterocycles. The van der Waals surface area contributed by atoms with Gasteiger partial charge in [-0.15, -0.1) is 0 Å². The van der Waals surface area contributed by atoms with Crippen LogP contribution >= 0.6 is 0 Å². The van der Waals surface area contributed by atoms with Crippen LogP contribution in [0.5, 0.6) is 0 Å². The third kappa shape index (κ3) is 2.26. The molecule has 1 fully saturated rings. The molecule has 15 heavy (non-hydrogen) atoms. The molecule has 0 unspecified atom stereocenters. The van der Waals surface area contributed by atoms with Gasteiger partial charge in [-0.3, -0.25) is 0 Å². The first-order valence-corrected chi connectivity index (χ1v) is 5.53. The smallest absolute Gasteiger partial charge is 0.225 e. The lowest BCUT2D eigenvalue weighted by atomic mass is 10.2. The second-order valence-corrected chi connectivity index (χ2v) is 4.01. The van der Waals surface area contributed by atoms with Crippen LogP contribution < -0.4 is 10.2 Å². The van der Waals surface area contributed by atoms with Crippen LogP contribution in [0.1, 0.15) is 24.1 Å². The lowest BCUT2D eigenvalue weighted by molar-refractivity contribution is 0.788. The van der Waals surface area contributed by atoms with Crippen molar-refractivity contribution in [1.82, 2.24) is 15.3 Å². The molecule has 0 bridgehead atoms. The Bertz CT molecular complexity index is 331.